The number of esters is 1. The van der Waals surface area contributed by atoms with E-state index in [0.29, 0.717) is 19.4 Å². The maximum atomic E-state index is 12.4. The van der Waals surface area contributed by atoms with Crippen molar-refractivity contribution in [1.29, 1.82) is 0 Å². The highest BCUT2D eigenvalue weighted by Gasteiger charge is 2.22. The first kappa shape index (κ1) is 23.5. The van der Waals surface area contributed by atoms with Crippen LogP contribution in [-0.2, 0) is 27.5 Å². The second-order valence-electron chi connectivity index (χ2n) is 6.14. The van der Waals surface area contributed by atoms with Gasteiger partial charge in [-0.2, -0.15) is 0 Å². The van der Waals surface area contributed by atoms with E-state index in [-0.39, 0.29) is 25.6 Å². The Kier molecular flexibility index (Phi) is 11.4. The molecule has 0 aliphatic carbocycles. The molecule has 1 amide bonds. The van der Waals surface area contributed by atoms with Gasteiger partial charge in [0.1, 0.15) is 19.3 Å². The highest BCUT2D eigenvalue weighted by Crippen LogP contribution is 2.07. The van der Waals surface area contributed by atoms with E-state index in [0.717, 1.165) is 17.5 Å². The van der Waals surface area contributed by atoms with Crippen LogP contribution in [-0.4, -0.2) is 24.6 Å². The topological polar surface area (TPSA) is 90.6 Å². The third-order valence-electron chi connectivity index (χ3n) is 3.96. The molecule has 0 spiro atoms. The van der Waals surface area contributed by atoms with Crippen molar-refractivity contribution in [2.45, 2.75) is 38.5 Å². The van der Waals surface area contributed by atoms with Crippen molar-refractivity contribution in [2.75, 3.05) is 6.54 Å². The van der Waals surface area contributed by atoms with E-state index in [1.54, 1.807) is 0 Å². The van der Waals surface area contributed by atoms with Crippen LogP contribution in [0.5, 0.6) is 0 Å². The van der Waals surface area contributed by atoms with Gasteiger partial charge in [-0.3, -0.25) is 0 Å². The molecule has 0 aromatic heterocycles. The molecule has 2 aromatic carbocycles. The van der Waals surface area contributed by atoms with Crippen LogP contribution >= 0.6 is 12.4 Å². The summed E-state index contributed by atoms with van der Waals surface area (Å²) in [6, 6.07) is 18.0. The minimum atomic E-state index is -0.761. The minimum Gasteiger partial charge on any atom is -0.459 e. The number of unbranched alkanes of at least 4 members (excludes halogenated alkanes) is 1. The van der Waals surface area contributed by atoms with Crippen LogP contribution in [0.25, 0.3) is 0 Å². The number of nitrogens with two attached hydrogens (primary N) is 1. The standard InChI is InChI=1S/C21H26N2O4.ClH/c22-14-8-7-13-19(20(24)26-15-17-9-3-1-4-10-17)23-21(25)27-16-18-11-5-2-6-12-18;/h1-6,9-12,19H,7-8,13-16,22H2,(H,23,25);1H/t19-;/m0./s1. The van der Waals surface area contributed by atoms with Gasteiger partial charge in [0, 0.05) is 0 Å². The van der Waals surface area contributed by atoms with Gasteiger partial charge in [0.25, 0.3) is 0 Å². The molecule has 28 heavy (non-hydrogen) atoms. The first-order chi connectivity index (χ1) is 13.2. The highest BCUT2D eigenvalue weighted by molar-refractivity contribution is 5.85. The maximum Gasteiger partial charge on any atom is 0.408 e. The smallest absolute Gasteiger partial charge is 0.408 e. The van der Waals surface area contributed by atoms with Crippen LogP contribution in [0.3, 0.4) is 0 Å². The molecular weight excluding hydrogens is 380 g/mol. The Bertz CT molecular complexity index is 698. The van der Waals surface area contributed by atoms with Gasteiger partial charge in [0.05, 0.1) is 0 Å². The second kappa shape index (κ2) is 13.6. The number of halogens is 1. The second-order valence-corrected chi connectivity index (χ2v) is 6.14. The fourth-order valence-electron chi connectivity index (χ4n) is 2.48. The number of carbonyl (C=O) groups excluding carboxylic acids is 2. The third-order valence-corrected chi connectivity index (χ3v) is 3.96. The molecule has 0 radical (unpaired) electrons. The monoisotopic (exact) mass is 406 g/mol. The summed E-state index contributed by atoms with van der Waals surface area (Å²) in [5, 5.41) is 2.61. The van der Waals surface area contributed by atoms with E-state index < -0.39 is 18.1 Å². The van der Waals surface area contributed by atoms with Gasteiger partial charge in [0.15, 0.2) is 0 Å². The summed E-state index contributed by atoms with van der Waals surface area (Å²) < 4.78 is 10.5. The first-order valence-corrected chi connectivity index (χ1v) is 9.07. The lowest BCUT2D eigenvalue weighted by atomic mass is 10.1. The van der Waals surface area contributed by atoms with Crippen LogP contribution in [0.2, 0.25) is 0 Å². The van der Waals surface area contributed by atoms with E-state index in [2.05, 4.69) is 5.32 Å². The number of hydrogen-bond acceptors (Lipinski definition) is 5. The average molecular weight is 407 g/mol. The van der Waals surface area contributed by atoms with E-state index in [4.69, 9.17) is 15.2 Å². The SMILES string of the molecule is Cl.NCCCC[C@H](NC(=O)OCc1ccccc1)C(=O)OCc1ccccc1. The predicted molar refractivity (Wildman–Crippen MR) is 110 cm³/mol. The molecular formula is C21H27ClN2O4. The largest absolute Gasteiger partial charge is 0.459 e. The molecule has 2 aromatic rings. The van der Waals surface area contributed by atoms with E-state index in [1.165, 1.54) is 0 Å². The molecule has 1 atom stereocenters. The average Bonchev–Trinajstić information content (AvgIpc) is 2.71. The number of hydrogen-bond donors (Lipinski definition) is 2. The van der Waals surface area contributed by atoms with E-state index in [9.17, 15) is 9.59 Å². The maximum absolute atomic E-state index is 12.4. The number of benzene rings is 2. The summed E-state index contributed by atoms with van der Waals surface area (Å²) in [7, 11) is 0. The Labute approximate surface area is 171 Å². The minimum absolute atomic E-state index is 0. The summed E-state index contributed by atoms with van der Waals surface area (Å²) in [5.41, 5.74) is 7.27. The molecule has 0 bridgehead atoms. The fourth-order valence-corrected chi connectivity index (χ4v) is 2.48. The number of amides is 1. The van der Waals surface area contributed by atoms with Crippen molar-refractivity contribution in [3.05, 3.63) is 71.8 Å². The van der Waals surface area contributed by atoms with Crippen LogP contribution < -0.4 is 11.1 Å². The van der Waals surface area contributed by atoms with E-state index >= 15 is 0 Å². The van der Waals surface area contributed by atoms with Crippen LogP contribution in [0.15, 0.2) is 60.7 Å². The summed E-state index contributed by atoms with van der Waals surface area (Å²) in [6.07, 6.45) is 1.28. The number of carbonyl (C=O) groups is 2. The molecule has 0 unspecified atom stereocenters. The zero-order valence-electron chi connectivity index (χ0n) is 15.7. The molecule has 3 N–H and O–H groups in total. The molecule has 2 rings (SSSR count). The van der Waals surface area contributed by atoms with Gasteiger partial charge in [-0.1, -0.05) is 60.7 Å². The Balaban J connectivity index is 0.00000392. The van der Waals surface area contributed by atoms with Crippen molar-refractivity contribution in [3.8, 4) is 0 Å². The van der Waals surface area contributed by atoms with Gasteiger partial charge in [-0.15, -0.1) is 12.4 Å². The molecule has 152 valence electrons. The Hall–Kier alpha value is -2.57. The summed E-state index contributed by atoms with van der Waals surface area (Å²) >= 11 is 0. The van der Waals surface area contributed by atoms with Crippen molar-refractivity contribution < 1.29 is 19.1 Å². The number of alkyl carbamates (subject to hydrolysis) is 1. The molecule has 0 fully saturated rings. The van der Waals surface area contributed by atoms with Crippen LogP contribution in [0.1, 0.15) is 30.4 Å². The van der Waals surface area contributed by atoms with Crippen molar-refractivity contribution in [3.63, 3.8) is 0 Å². The van der Waals surface area contributed by atoms with Gasteiger partial charge in [-0.05, 0) is 36.9 Å². The molecule has 6 nitrogen and oxygen atoms in total. The van der Waals surface area contributed by atoms with Gasteiger partial charge < -0.3 is 20.5 Å². The zero-order chi connectivity index (χ0) is 19.3. The number of ether oxygens (including phenoxy) is 2. The van der Waals surface area contributed by atoms with Gasteiger partial charge in [0.2, 0.25) is 0 Å². The lowest BCUT2D eigenvalue weighted by Crippen LogP contribution is -2.42. The molecule has 7 heteroatoms. The molecule has 0 aliphatic rings. The number of rotatable bonds is 10. The third kappa shape index (κ3) is 8.88. The lowest BCUT2D eigenvalue weighted by molar-refractivity contribution is -0.147. The number of nitrogens with one attached hydrogen (secondary N) is 1. The molecule has 0 aliphatic heterocycles. The predicted octanol–water partition coefficient (Wildman–Crippen LogP) is 3.58. The van der Waals surface area contributed by atoms with Crippen molar-refractivity contribution in [2.24, 2.45) is 5.73 Å². The molecule has 0 saturated heterocycles. The molecule has 0 saturated carbocycles. The first-order valence-electron chi connectivity index (χ1n) is 9.07. The van der Waals surface area contributed by atoms with Crippen LogP contribution in [0.4, 0.5) is 4.79 Å². The van der Waals surface area contributed by atoms with Crippen molar-refractivity contribution >= 4 is 24.5 Å². The summed E-state index contributed by atoms with van der Waals surface area (Å²) in [5.74, 6) is -0.479. The van der Waals surface area contributed by atoms with Gasteiger partial charge >= 0.3 is 12.1 Å². The lowest BCUT2D eigenvalue weighted by Gasteiger charge is -2.17. The zero-order valence-corrected chi connectivity index (χ0v) is 16.5. The fraction of sp³-hybridized carbons (Fsp3) is 0.333. The normalized spacial score (nSPS) is 11.0. The highest BCUT2D eigenvalue weighted by atomic mass is 35.5. The Morgan fingerprint density at radius 2 is 1.39 bits per heavy atom. The van der Waals surface area contributed by atoms with E-state index in [1.807, 2.05) is 60.7 Å². The van der Waals surface area contributed by atoms with Crippen LogP contribution in [0, 0.1) is 0 Å². The summed E-state index contributed by atoms with van der Waals surface area (Å²) in [6.45, 7) is 0.833. The van der Waals surface area contributed by atoms with Gasteiger partial charge in [-0.25, -0.2) is 9.59 Å². The Morgan fingerprint density at radius 1 is 0.857 bits per heavy atom. The van der Waals surface area contributed by atoms with Crippen molar-refractivity contribution in [1.82, 2.24) is 5.32 Å². The quantitative estimate of drug-likeness (QED) is 0.465. The Morgan fingerprint density at radius 3 is 1.93 bits per heavy atom. The summed E-state index contributed by atoms with van der Waals surface area (Å²) in [4.78, 5) is 24.5. The molecule has 0 heterocycles.